The minimum Gasteiger partial charge on any atom is -0.464 e. The fourth-order valence-corrected chi connectivity index (χ4v) is 4.06. The van der Waals surface area contributed by atoms with E-state index in [1.54, 1.807) is 6.26 Å². The predicted molar refractivity (Wildman–Crippen MR) is 117 cm³/mol. The maximum atomic E-state index is 5.49. The molecule has 28 heavy (non-hydrogen) atoms. The van der Waals surface area contributed by atoms with E-state index in [1.807, 2.05) is 6.07 Å². The topological polar surface area (TPSA) is 41.0 Å². The van der Waals surface area contributed by atoms with Crippen LogP contribution >= 0.6 is 0 Å². The van der Waals surface area contributed by atoms with Crippen LogP contribution in [0.4, 0.5) is 5.69 Å². The highest BCUT2D eigenvalue weighted by atomic mass is 16.3. The first-order valence-electron chi connectivity index (χ1n) is 9.93. The lowest BCUT2D eigenvalue weighted by atomic mass is 9.91. The molecule has 0 aliphatic heterocycles. The molecule has 0 spiro atoms. The summed E-state index contributed by atoms with van der Waals surface area (Å²) in [6.45, 7) is 11.1. The van der Waals surface area contributed by atoms with Crippen LogP contribution in [0.3, 0.4) is 0 Å². The van der Waals surface area contributed by atoms with Crippen LogP contribution in [0.1, 0.15) is 44.9 Å². The van der Waals surface area contributed by atoms with Crippen LogP contribution in [0.2, 0.25) is 0 Å². The summed E-state index contributed by atoms with van der Waals surface area (Å²) in [6.07, 6.45) is 4.00. The lowest BCUT2D eigenvalue weighted by Gasteiger charge is -2.21. The van der Waals surface area contributed by atoms with Crippen LogP contribution in [-0.4, -0.2) is 4.98 Å². The molecule has 2 aromatic heterocycles. The van der Waals surface area contributed by atoms with Crippen molar-refractivity contribution in [2.75, 3.05) is 5.32 Å². The van der Waals surface area contributed by atoms with Crippen LogP contribution in [0.5, 0.6) is 0 Å². The molecule has 5 rings (SSSR count). The van der Waals surface area contributed by atoms with E-state index in [0.717, 1.165) is 35.2 Å². The first kappa shape index (κ1) is 17.2. The number of aromatic nitrogens is 1. The molecular formula is C25H26N2O. The van der Waals surface area contributed by atoms with E-state index in [0.29, 0.717) is 0 Å². The minimum atomic E-state index is 0.0229. The number of benzene rings is 2. The van der Waals surface area contributed by atoms with Gasteiger partial charge in [-0.05, 0) is 60.9 Å². The Morgan fingerprint density at radius 3 is 2.61 bits per heavy atom. The van der Waals surface area contributed by atoms with Crippen molar-refractivity contribution in [3.05, 3.63) is 78.3 Å². The largest absolute Gasteiger partial charge is 0.464 e. The highest BCUT2D eigenvalue weighted by molar-refractivity contribution is 5.85. The Balaban J connectivity index is 1.43. The molecule has 2 aromatic carbocycles. The Bertz CT molecular complexity index is 1200. The lowest BCUT2D eigenvalue weighted by Crippen LogP contribution is -2.16. The van der Waals surface area contributed by atoms with Crippen LogP contribution in [-0.2, 0) is 10.8 Å². The molecule has 0 unspecified atom stereocenters. The Kier molecular flexibility index (Phi) is 3.54. The molecule has 2 N–H and O–H groups in total. The number of anilines is 1. The van der Waals surface area contributed by atoms with Crippen LogP contribution in [0.25, 0.3) is 21.9 Å². The molecular weight excluding hydrogens is 344 g/mol. The summed E-state index contributed by atoms with van der Waals surface area (Å²) in [5.74, 6) is 0. The van der Waals surface area contributed by atoms with Gasteiger partial charge in [0.05, 0.1) is 6.26 Å². The van der Waals surface area contributed by atoms with Crippen molar-refractivity contribution >= 4 is 27.6 Å². The van der Waals surface area contributed by atoms with Crippen molar-refractivity contribution in [1.29, 1.82) is 0 Å². The van der Waals surface area contributed by atoms with Gasteiger partial charge in [0.1, 0.15) is 5.58 Å². The van der Waals surface area contributed by atoms with Crippen molar-refractivity contribution in [3.63, 3.8) is 0 Å². The quantitative estimate of drug-likeness (QED) is 0.411. The highest BCUT2D eigenvalue weighted by Gasteiger charge is 2.47. The predicted octanol–water partition coefficient (Wildman–Crippen LogP) is 6.87. The Morgan fingerprint density at radius 2 is 1.86 bits per heavy atom. The maximum absolute atomic E-state index is 5.49. The molecule has 4 aromatic rings. The van der Waals surface area contributed by atoms with Crippen molar-refractivity contribution < 1.29 is 4.42 Å². The summed E-state index contributed by atoms with van der Waals surface area (Å²) >= 11 is 0. The number of allylic oxidation sites excluding steroid dienone is 1. The number of aromatic amines is 1. The molecule has 1 fully saturated rings. The van der Waals surface area contributed by atoms with Gasteiger partial charge in [0, 0.05) is 44.2 Å². The summed E-state index contributed by atoms with van der Waals surface area (Å²) in [6, 6.07) is 17.3. The monoisotopic (exact) mass is 370 g/mol. The van der Waals surface area contributed by atoms with Crippen molar-refractivity contribution in [1.82, 2.24) is 4.98 Å². The second-order valence-corrected chi connectivity index (χ2v) is 9.09. The highest BCUT2D eigenvalue weighted by Crippen LogP contribution is 2.53. The van der Waals surface area contributed by atoms with Crippen LogP contribution in [0.15, 0.2) is 71.5 Å². The molecule has 0 bridgehead atoms. The zero-order chi connectivity index (χ0) is 19.5. The fraction of sp³-hybridized carbons (Fsp3) is 0.280. The zero-order valence-corrected chi connectivity index (χ0v) is 16.7. The minimum absolute atomic E-state index is 0.0229. The summed E-state index contributed by atoms with van der Waals surface area (Å²) in [4.78, 5) is 3.54. The molecule has 0 amide bonds. The first-order chi connectivity index (χ1) is 13.3. The summed E-state index contributed by atoms with van der Waals surface area (Å²) in [5.41, 5.74) is 6.98. The number of H-pyrrole nitrogens is 1. The summed E-state index contributed by atoms with van der Waals surface area (Å²) < 4.78 is 5.49. The van der Waals surface area contributed by atoms with Gasteiger partial charge in [0.25, 0.3) is 0 Å². The fourth-order valence-electron chi connectivity index (χ4n) is 4.06. The third kappa shape index (κ3) is 2.73. The van der Waals surface area contributed by atoms with E-state index in [2.05, 4.69) is 80.1 Å². The summed E-state index contributed by atoms with van der Waals surface area (Å²) in [7, 11) is 0. The molecule has 3 heteroatoms. The van der Waals surface area contributed by atoms with Gasteiger partial charge in [0.2, 0.25) is 0 Å². The molecule has 1 saturated carbocycles. The second kappa shape index (κ2) is 5.78. The second-order valence-electron chi connectivity index (χ2n) is 9.09. The van der Waals surface area contributed by atoms with Crippen LogP contribution < -0.4 is 5.32 Å². The van der Waals surface area contributed by atoms with Crippen LogP contribution in [0, 0.1) is 0 Å². The van der Waals surface area contributed by atoms with Gasteiger partial charge in [-0.3, -0.25) is 0 Å². The molecule has 2 heterocycles. The number of furan rings is 1. The molecule has 142 valence electrons. The van der Waals surface area contributed by atoms with E-state index in [-0.39, 0.29) is 10.8 Å². The van der Waals surface area contributed by atoms with Crippen molar-refractivity contribution in [2.45, 2.75) is 44.4 Å². The number of fused-ring (bicyclic) bond motifs is 2. The number of rotatable bonds is 4. The maximum Gasteiger partial charge on any atom is 0.133 e. The van der Waals surface area contributed by atoms with Gasteiger partial charge < -0.3 is 14.7 Å². The lowest BCUT2D eigenvalue weighted by molar-refractivity contribution is 0.574. The normalized spacial score (nSPS) is 15.8. The number of hydrogen-bond donors (Lipinski definition) is 2. The number of hydrogen-bond acceptors (Lipinski definition) is 2. The first-order valence-corrected chi connectivity index (χ1v) is 9.93. The Labute approximate surface area is 165 Å². The van der Waals surface area contributed by atoms with E-state index in [4.69, 9.17) is 4.42 Å². The molecule has 0 radical (unpaired) electrons. The average molecular weight is 370 g/mol. The van der Waals surface area contributed by atoms with E-state index in [9.17, 15) is 0 Å². The number of nitrogens with one attached hydrogen (secondary N) is 2. The van der Waals surface area contributed by atoms with Gasteiger partial charge >= 0.3 is 0 Å². The molecule has 1 aliphatic rings. The third-order valence-corrected chi connectivity index (χ3v) is 6.06. The Hall–Kier alpha value is -2.94. The third-order valence-electron chi connectivity index (χ3n) is 6.06. The SMILES string of the molecule is C=C(Nc1ccc2[nH]c(C(C)(C)C)cc2c1)C1(c2ccc3occc3c2)CC1. The molecule has 3 nitrogen and oxygen atoms in total. The van der Waals surface area contributed by atoms with E-state index < -0.39 is 0 Å². The standard InChI is InChI=1S/C25H26N2O/c1-16(25(10-11-25)19-5-8-22-17(13-19)9-12-28-22)26-20-6-7-21-18(14-20)15-23(27-21)24(2,3)4/h5-9,12-15,26-27H,1,10-11H2,2-4H3. The van der Waals surface area contributed by atoms with Gasteiger partial charge in [-0.15, -0.1) is 0 Å². The van der Waals surface area contributed by atoms with Gasteiger partial charge in [0.15, 0.2) is 0 Å². The molecule has 1 aliphatic carbocycles. The van der Waals surface area contributed by atoms with Gasteiger partial charge in [-0.1, -0.05) is 33.4 Å². The Morgan fingerprint density at radius 1 is 1.04 bits per heavy atom. The van der Waals surface area contributed by atoms with Crippen molar-refractivity contribution in [3.8, 4) is 0 Å². The molecule has 0 atom stereocenters. The summed E-state index contributed by atoms with van der Waals surface area (Å²) in [5, 5.41) is 5.98. The zero-order valence-electron chi connectivity index (χ0n) is 16.7. The average Bonchev–Trinajstić information content (AvgIpc) is 3.13. The van der Waals surface area contributed by atoms with E-state index >= 15 is 0 Å². The molecule has 0 saturated heterocycles. The van der Waals surface area contributed by atoms with Gasteiger partial charge in [-0.2, -0.15) is 0 Å². The van der Waals surface area contributed by atoms with Gasteiger partial charge in [-0.25, -0.2) is 0 Å². The van der Waals surface area contributed by atoms with Crippen molar-refractivity contribution in [2.24, 2.45) is 0 Å². The smallest absolute Gasteiger partial charge is 0.133 e. The van der Waals surface area contributed by atoms with E-state index in [1.165, 1.54) is 22.2 Å².